The molecule has 0 bridgehead atoms. The van der Waals surface area contributed by atoms with Gasteiger partial charge in [0.1, 0.15) is 0 Å². The van der Waals surface area contributed by atoms with Crippen LogP contribution in [-0.4, -0.2) is 4.98 Å². The number of allylic oxidation sites excluding steroid dienone is 2. The number of aromatic nitrogens is 1. The van der Waals surface area contributed by atoms with Crippen molar-refractivity contribution in [2.24, 2.45) is 0 Å². The highest BCUT2D eigenvalue weighted by Gasteiger charge is 2.20. The van der Waals surface area contributed by atoms with Crippen LogP contribution in [0.3, 0.4) is 0 Å². The summed E-state index contributed by atoms with van der Waals surface area (Å²) in [5.74, 6) is 0.495. The van der Waals surface area contributed by atoms with E-state index in [0.29, 0.717) is 46.0 Å². The van der Waals surface area contributed by atoms with Gasteiger partial charge in [-0.1, -0.05) is 23.8 Å². The maximum Gasteiger partial charge on any atom is 0.340 e. The van der Waals surface area contributed by atoms with Crippen LogP contribution in [0, 0.1) is 6.92 Å². The molecule has 0 aliphatic heterocycles. The molecule has 0 saturated carbocycles. The summed E-state index contributed by atoms with van der Waals surface area (Å²) in [4.78, 5) is 16.4. The lowest BCUT2D eigenvalue weighted by Gasteiger charge is -2.12. The zero-order valence-electron chi connectivity index (χ0n) is 10.7. The summed E-state index contributed by atoms with van der Waals surface area (Å²) in [6.45, 7) is 1.74. The molecule has 0 atom stereocenters. The van der Waals surface area contributed by atoms with Crippen LogP contribution >= 0.6 is 11.6 Å². The van der Waals surface area contributed by atoms with E-state index in [0.717, 1.165) is 10.9 Å². The lowest BCUT2D eigenvalue weighted by Crippen LogP contribution is -2.13. The van der Waals surface area contributed by atoms with Gasteiger partial charge in [-0.05, 0) is 24.5 Å². The van der Waals surface area contributed by atoms with Crippen LogP contribution in [0.2, 0.25) is 5.02 Å². The van der Waals surface area contributed by atoms with Crippen molar-refractivity contribution >= 4 is 33.7 Å². The highest BCUT2D eigenvalue weighted by Crippen LogP contribution is 2.34. The van der Waals surface area contributed by atoms with E-state index in [1.165, 1.54) is 0 Å². The van der Waals surface area contributed by atoms with Crippen molar-refractivity contribution in [3.8, 4) is 0 Å². The summed E-state index contributed by atoms with van der Waals surface area (Å²) >= 11 is 6.26. The van der Waals surface area contributed by atoms with E-state index in [1.54, 1.807) is 13.0 Å². The molecule has 5 heteroatoms. The lowest BCUT2D eigenvalue weighted by atomic mass is 9.95. The summed E-state index contributed by atoms with van der Waals surface area (Å²) in [6, 6.07) is 1.80. The molecule has 100 valence electrons. The number of hydrogen-bond acceptors (Lipinski definition) is 4. The van der Waals surface area contributed by atoms with E-state index in [-0.39, 0.29) is 5.63 Å². The SMILES string of the molecule is Cc1nc2c(o1)c(Cl)cc1c3c(c(=O)oc12)CC=CC3. The number of fused-ring (bicyclic) bond motifs is 5. The van der Waals surface area contributed by atoms with Crippen molar-refractivity contribution in [2.75, 3.05) is 0 Å². The number of oxazole rings is 1. The third kappa shape index (κ3) is 1.48. The molecule has 0 unspecified atom stereocenters. The Morgan fingerprint density at radius 3 is 2.70 bits per heavy atom. The monoisotopic (exact) mass is 287 g/mol. The Balaban J connectivity index is 2.26. The van der Waals surface area contributed by atoms with E-state index in [4.69, 9.17) is 20.4 Å². The molecular weight excluding hydrogens is 278 g/mol. The van der Waals surface area contributed by atoms with Gasteiger partial charge in [0, 0.05) is 17.9 Å². The molecule has 2 aromatic heterocycles. The second-order valence-electron chi connectivity index (χ2n) is 4.87. The molecule has 3 aromatic rings. The van der Waals surface area contributed by atoms with Crippen LogP contribution in [0.25, 0.3) is 22.1 Å². The van der Waals surface area contributed by atoms with Gasteiger partial charge in [-0.15, -0.1) is 0 Å². The van der Waals surface area contributed by atoms with Crippen molar-refractivity contribution in [1.29, 1.82) is 0 Å². The van der Waals surface area contributed by atoms with E-state index in [2.05, 4.69) is 4.98 Å². The van der Waals surface area contributed by atoms with Crippen molar-refractivity contribution in [1.82, 2.24) is 4.98 Å². The van der Waals surface area contributed by atoms with Gasteiger partial charge in [0.15, 0.2) is 22.6 Å². The second-order valence-corrected chi connectivity index (χ2v) is 5.28. The van der Waals surface area contributed by atoms with Gasteiger partial charge in [-0.3, -0.25) is 0 Å². The van der Waals surface area contributed by atoms with Gasteiger partial charge in [0.2, 0.25) is 0 Å². The molecule has 4 rings (SSSR count). The Morgan fingerprint density at radius 1 is 1.15 bits per heavy atom. The molecule has 1 aromatic carbocycles. The summed E-state index contributed by atoms with van der Waals surface area (Å²) in [5.41, 5.74) is 2.81. The number of benzene rings is 1. The first kappa shape index (κ1) is 11.7. The summed E-state index contributed by atoms with van der Waals surface area (Å²) in [5, 5.41) is 1.33. The van der Waals surface area contributed by atoms with Crippen LogP contribution in [0.5, 0.6) is 0 Å². The number of rotatable bonds is 0. The van der Waals surface area contributed by atoms with Gasteiger partial charge >= 0.3 is 5.63 Å². The molecule has 0 N–H and O–H groups in total. The molecule has 0 fully saturated rings. The van der Waals surface area contributed by atoms with Gasteiger partial charge in [-0.25, -0.2) is 9.78 Å². The smallest absolute Gasteiger partial charge is 0.340 e. The average molecular weight is 288 g/mol. The molecule has 20 heavy (non-hydrogen) atoms. The summed E-state index contributed by atoms with van der Waals surface area (Å²) in [6.07, 6.45) is 5.33. The summed E-state index contributed by atoms with van der Waals surface area (Å²) in [7, 11) is 0. The maximum atomic E-state index is 12.1. The standard InChI is InChI=1S/C15H10ClNO3/c1-7-17-12-13-10(6-11(16)14(12)19-7)8-4-2-3-5-9(8)15(18)20-13/h2-3,6H,4-5H2,1H3. The Morgan fingerprint density at radius 2 is 1.90 bits per heavy atom. The normalized spacial score (nSPS) is 14.1. The van der Waals surface area contributed by atoms with Crippen LogP contribution in [0.15, 0.2) is 31.8 Å². The molecule has 0 spiro atoms. The van der Waals surface area contributed by atoms with Gasteiger partial charge in [0.25, 0.3) is 0 Å². The van der Waals surface area contributed by atoms with Crippen LogP contribution in [-0.2, 0) is 12.8 Å². The van der Waals surface area contributed by atoms with Crippen molar-refractivity contribution < 1.29 is 8.83 Å². The lowest BCUT2D eigenvalue weighted by molar-refractivity contribution is 0.552. The van der Waals surface area contributed by atoms with Crippen molar-refractivity contribution in [2.45, 2.75) is 19.8 Å². The van der Waals surface area contributed by atoms with Gasteiger partial charge < -0.3 is 8.83 Å². The van der Waals surface area contributed by atoms with Crippen LogP contribution in [0.1, 0.15) is 17.0 Å². The summed E-state index contributed by atoms with van der Waals surface area (Å²) < 4.78 is 10.9. The van der Waals surface area contributed by atoms with Crippen molar-refractivity contribution in [3.05, 3.63) is 50.7 Å². The third-order valence-electron chi connectivity index (χ3n) is 3.62. The topological polar surface area (TPSA) is 56.2 Å². The van der Waals surface area contributed by atoms with Crippen LogP contribution < -0.4 is 5.63 Å². The Hall–Kier alpha value is -2.07. The molecule has 1 aliphatic rings. The molecular formula is C15H10ClNO3. The first-order chi connectivity index (χ1) is 9.65. The minimum Gasteiger partial charge on any atom is -0.439 e. The number of aryl methyl sites for hydroxylation is 1. The third-order valence-corrected chi connectivity index (χ3v) is 3.90. The minimum absolute atomic E-state index is 0.305. The predicted molar refractivity (Wildman–Crippen MR) is 76.3 cm³/mol. The molecule has 2 heterocycles. The largest absolute Gasteiger partial charge is 0.439 e. The fourth-order valence-electron chi connectivity index (χ4n) is 2.74. The Kier molecular flexibility index (Phi) is 2.32. The predicted octanol–water partition coefficient (Wildman–Crippen LogP) is 3.55. The molecule has 0 saturated heterocycles. The number of halogens is 1. The minimum atomic E-state index is -0.305. The molecule has 4 nitrogen and oxygen atoms in total. The average Bonchev–Trinajstić information content (AvgIpc) is 2.84. The molecule has 1 aliphatic carbocycles. The first-order valence-electron chi connectivity index (χ1n) is 6.34. The zero-order valence-corrected chi connectivity index (χ0v) is 11.5. The molecule has 0 radical (unpaired) electrons. The van der Waals surface area contributed by atoms with E-state index in [1.807, 2.05) is 12.2 Å². The maximum absolute atomic E-state index is 12.1. The highest BCUT2D eigenvalue weighted by molar-refractivity contribution is 6.36. The van der Waals surface area contributed by atoms with E-state index < -0.39 is 0 Å². The van der Waals surface area contributed by atoms with E-state index in [9.17, 15) is 4.79 Å². The Bertz CT molecular complexity index is 949. The zero-order chi connectivity index (χ0) is 13.9. The van der Waals surface area contributed by atoms with Crippen molar-refractivity contribution in [3.63, 3.8) is 0 Å². The molecule has 0 amide bonds. The Labute approximate surface area is 118 Å². The highest BCUT2D eigenvalue weighted by atomic mass is 35.5. The number of hydrogen-bond donors (Lipinski definition) is 0. The quantitative estimate of drug-likeness (QED) is 0.469. The fourth-order valence-corrected chi connectivity index (χ4v) is 2.97. The van der Waals surface area contributed by atoms with Gasteiger partial charge in [-0.2, -0.15) is 0 Å². The van der Waals surface area contributed by atoms with E-state index >= 15 is 0 Å². The second kappa shape index (κ2) is 3.96. The van der Waals surface area contributed by atoms with Crippen LogP contribution in [0.4, 0.5) is 0 Å². The fraction of sp³-hybridized carbons (Fsp3) is 0.200. The number of nitrogens with zero attached hydrogens (tertiary/aromatic N) is 1. The van der Waals surface area contributed by atoms with Gasteiger partial charge in [0.05, 0.1) is 5.02 Å². The first-order valence-corrected chi connectivity index (χ1v) is 6.72.